The molecule has 0 rings (SSSR count). The normalized spacial score (nSPS) is 13.6. The summed E-state index contributed by atoms with van der Waals surface area (Å²) in [5.74, 6) is 0. The first kappa shape index (κ1) is 13.5. The molecule has 0 saturated carbocycles. The monoisotopic (exact) mass is 222 g/mol. The van der Waals surface area contributed by atoms with Gasteiger partial charge in [0.1, 0.15) is 0 Å². The Labute approximate surface area is 89.5 Å². The number of alkyl halides is 1. The van der Waals surface area contributed by atoms with Crippen molar-refractivity contribution in [3.05, 3.63) is 0 Å². The van der Waals surface area contributed by atoms with Crippen LogP contribution in [0.4, 0.5) is 0 Å². The van der Waals surface area contributed by atoms with Gasteiger partial charge in [-0.3, -0.25) is 0 Å². The van der Waals surface area contributed by atoms with Crippen molar-refractivity contribution in [1.29, 1.82) is 0 Å². The van der Waals surface area contributed by atoms with Crippen molar-refractivity contribution in [2.45, 2.75) is 57.5 Å². The van der Waals surface area contributed by atoms with E-state index < -0.39 is 9.04 Å². The maximum absolute atomic E-state index is 6.00. The number of halogens is 1. The molecule has 1 nitrogen and oxygen atoms in total. The minimum absolute atomic E-state index is 0.389. The molecule has 0 spiro atoms. The van der Waals surface area contributed by atoms with Crippen molar-refractivity contribution in [2.24, 2.45) is 0 Å². The smallest absolute Gasteiger partial charge is 0.170 e. The van der Waals surface area contributed by atoms with Crippen molar-refractivity contribution in [1.82, 2.24) is 0 Å². The molecule has 0 aliphatic rings. The van der Waals surface area contributed by atoms with Gasteiger partial charge in [-0.25, -0.2) is 0 Å². The van der Waals surface area contributed by atoms with Gasteiger partial charge in [-0.1, -0.05) is 19.8 Å². The summed E-state index contributed by atoms with van der Waals surface area (Å²) in [4.78, 5) is 0. The van der Waals surface area contributed by atoms with E-state index in [9.17, 15) is 0 Å². The van der Waals surface area contributed by atoms with E-state index in [1.807, 2.05) is 0 Å². The van der Waals surface area contributed by atoms with Crippen molar-refractivity contribution in [3.8, 4) is 0 Å². The highest BCUT2D eigenvalue weighted by molar-refractivity contribution is 6.48. The van der Waals surface area contributed by atoms with E-state index in [0.29, 0.717) is 5.38 Å². The van der Waals surface area contributed by atoms with Crippen LogP contribution >= 0.6 is 11.6 Å². The van der Waals surface area contributed by atoms with Gasteiger partial charge in [0.05, 0.1) is 0 Å². The second-order valence-corrected chi connectivity index (χ2v) is 6.82. The Morgan fingerprint density at radius 2 is 1.92 bits per heavy atom. The van der Waals surface area contributed by atoms with Gasteiger partial charge in [0.2, 0.25) is 0 Å². The van der Waals surface area contributed by atoms with Crippen LogP contribution in [0.15, 0.2) is 0 Å². The van der Waals surface area contributed by atoms with E-state index in [1.54, 1.807) is 0 Å². The molecule has 0 saturated heterocycles. The largest absolute Gasteiger partial charge is 0.421 e. The lowest BCUT2D eigenvalue weighted by Gasteiger charge is -2.07. The van der Waals surface area contributed by atoms with Crippen LogP contribution in [-0.2, 0) is 4.43 Å². The minimum atomic E-state index is -0.774. The highest BCUT2D eigenvalue weighted by Crippen LogP contribution is 2.11. The van der Waals surface area contributed by atoms with Crippen LogP contribution < -0.4 is 0 Å². The van der Waals surface area contributed by atoms with Crippen molar-refractivity contribution in [3.63, 3.8) is 0 Å². The molecule has 0 amide bonds. The Morgan fingerprint density at radius 1 is 1.23 bits per heavy atom. The summed E-state index contributed by atoms with van der Waals surface area (Å²) in [5, 5.41) is 0.389. The van der Waals surface area contributed by atoms with Gasteiger partial charge < -0.3 is 4.43 Å². The molecule has 0 N–H and O–H groups in total. The lowest BCUT2D eigenvalue weighted by Crippen LogP contribution is -2.08. The van der Waals surface area contributed by atoms with Gasteiger partial charge in [-0.05, 0) is 32.4 Å². The zero-order valence-electron chi connectivity index (χ0n) is 9.18. The van der Waals surface area contributed by atoms with Crippen LogP contribution in [0.5, 0.6) is 0 Å². The topological polar surface area (TPSA) is 9.23 Å². The molecular formula is C10H23ClOSi. The highest BCUT2D eigenvalue weighted by atomic mass is 35.5. The van der Waals surface area contributed by atoms with Crippen molar-refractivity contribution < 1.29 is 4.43 Å². The second-order valence-electron chi connectivity index (χ2n) is 3.77. The molecule has 0 bridgehead atoms. The maximum Gasteiger partial charge on any atom is 0.170 e. The zero-order valence-corrected chi connectivity index (χ0v) is 11.1. The molecule has 0 radical (unpaired) electrons. The van der Waals surface area contributed by atoms with Gasteiger partial charge >= 0.3 is 0 Å². The standard InChI is InChI=1S/C10H23ClOSi/c1-4-10(11)8-6-5-7-9-12-13(2)3/h10,13H,4-9H2,1-3H3. The fraction of sp³-hybridized carbons (Fsp3) is 1.00. The van der Waals surface area contributed by atoms with Crippen LogP contribution in [0.3, 0.4) is 0 Å². The summed E-state index contributed by atoms with van der Waals surface area (Å²) in [5.41, 5.74) is 0. The van der Waals surface area contributed by atoms with Gasteiger partial charge in [-0.2, -0.15) is 0 Å². The molecule has 13 heavy (non-hydrogen) atoms. The predicted molar refractivity (Wildman–Crippen MR) is 63.2 cm³/mol. The third-order valence-corrected chi connectivity index (χ3v) is 3.49. The molecule has 80 valence electrons. The first-order valence-corrected chi connectivity index (χ1v) is 8.64. The quantitative estimate of drug-likeness (QED) is 0.347. The van der Waals surface area contributed by atoms with Crippen LogP contribution in [0.2, 0.25) is 13.1 Å². The molecule has 0 aliphatic heterocycles. The fourth-order valence-electron chi connectivity index (χ4n) is 1.17. The van der Waals surface area contributed by atoms with E-state index in [-0.39, 0.29) is 0 Å². The number of hydrogen-bond donors (Lipinski definition) is 0. The fourth-order valence-corrected chi connectivity index (χ4v) is 1.96. The number of hydrogen-bond acceptors (Lipinski definition) is 1. The molecule has 0 fully saturated rings. The molecule has 0 aliphatic carbocycles. The van der Waals surface area contributed by atoms with Gasteiger partial charge in [0.25, 0.3) is 0 Å². The molecule has 1 unspecified atom stereocenters. The van der Waals surface area contributed by atoms with E-state index >= 15 is 0 Å². The summed E-state index contributed by atoms with van der Waals surface area (Å²) in [6.07, 6.45) is 5.99. The third-order valence-electron chi connectivity index (χ3n) is 2.06. The van der Waals surface area contributed by atoms with Crippen LogP contribution in [-0.4, -0.2) is 21.0 Å². The lowest BCUT2D eigenvalue weighted by atomic mass is 10.1. The molecule has 0 heterocycles. The molecule has 1 atom stereocenters. The van der Waals surface area contributed by atoms with Gasteiger partial charge in [-0.15, -0.1) is 11.6 Å². The lowest BCUT2D eigenvalue weighted by molar-refractivity contribution is 0.312. The number of unbranched alkanes of at least 4 members (excludes halogenated alkanes) is 2. The SMILES string of the molecule is CCC(Cl)CCCCCO[SiH](C)C. The summed E-state index contributed by atoms with van der Waals surface area (Å²) >= 11 is 6.00. The molecular weight excluding hydrogens is 200 g/mol. The van der Waals surface area contributed by atoms with E-state index in [4.69, 9.17) is 16.0 Å². The number of rotatable bonds is 8. The Kier molecular flexibility index (Phi) is 9.36. The van der Waals surface area contributed by atoms with Gasteiger partial charge in [0.15, 0.2) is 9.04 Å². The average Bonchev–Trinajstić information content (AvgIpc) is 2.10. The maximum atomic E-state index is 6.00. The van der Waals surface area contributed by atoms with Crippen molar-refractivity contribution in [2.75, 3.05) is 6.61 Å². The molecule has 0 aromatic rings. The van der Waals surface area contributed by atoms with Crippen molar-refractivity contribution >= 4 is 20.6 Å². The second kappa shape index (κ2) is 9.04. The molecule has 0 aromatic heterocycles. The average molecular weight is 223 g/mol. The van der Waals surface area contributed by atoms with Crippen LogP contribution in [0, 0.1) is 0 Å². The summed E-state index contributed by atoms with van der Waals surface area (Å²) < 4.78 is 5.58. The Hall–Kier alpha value is 0.467. The Balaban J connectivity index is 2.99. The molecule has 3 heteroatoms. The van der Waals surface area contributed by atoms with Crippen LogP contribution in [0.1, 0.15) is 39.0 Å². The Morgan fingerprint density at radius 3 is 2.46 bits per heavy atom. The minimum Gasteiger partial charge on any atom is -0.421 e. The zero-order chi connectivity index (χ0) is 10.1. The first-order valence-electron chi connectivity index (χ1n) is 5.42. The van der Waals surface area contributed by atoms with Crippen LogP contribution in [0.25, 0.3) is 0 Å². The third kappa shape index (κ3) is 10.4. The first-order chi connectivity index (χ1) is 6.16. The summed E-state index contributed by atoms with van der Waals surface area (Å²) in [6.45, 7) is 7.53. The predicted octanol–water partition coefficient (Wildman–Crippen LogP) is 3.56. The summed E-state index contributed by atoms with van der Waals surface area (Å²) in [6, 6.07) is 0. The van der Waals surface area contributed by atoms with E-state index in [1.165, 1.54) is 19.3 Å². The highest BCUT2D eigenvalue weighted by Gasteiger charge is 2.00. The van der Waals surface area contributed by atoms with E-state index in [0.717, 1.165) is 19.4 Å². The Bertz CT molecular complexity index is 109. The molecule has 0 aromatic carbocycles. The summed E-state index contributed by atoms with van der Waals surface area (Å²) in [7, 11) is -0.774. The van der Waals surface area contributed by atoms with Gasteiger partial charge in [0, 0.05) is 12.0 Å². The van der Waals surface area contributed by atoms with E-state index in [2.05, 4.69) is 20.0 Å².